The number of hydrogen-bond acceptors (Lipinski definition) is 0. The molecule has 0 aromatic rings. The molecule has 0 nitrogen and oxygen atoms in total. The second-order valence-corrected chi connectivity index (χ2v) is 13.7. The Bertz CT molecular complexity index is 612. The van der Waals surface area contributed by atoms with E-state index in [0.29, 0.717) is 16.2 Å². The fourth-order valence-electron chi connectivity index (χ4n) is 8.99. The molecule has 0 saturated heterocycles. The average Bonchev–Trinajstić information content (AvgIpc) is 2.99. The maximum absolute atomic E-state index is 2.76. The Hall–Kier alpha value is -0.260. The van der Waals surface area contributed by atoms with Crippen LogP contribution in [0.2, 0.25) is 0 Å². The van der Waals surface area contributed by atoms with Gasteiger partial charge in [0.25, 0.3) is 0 Å². The topological polar surface area (TPSA) is 0 Å². The largest absolute Gasteiger partial charge is 0.0845 e. The van der Waals surface area contributed by atoms with E-state index in [4.69, 9.17) is 0 Å². The first-order chi connectivity index (χ1) is 13.6. The third kappa shape index (κ3) is 3.78. The zero-order chi connectivity index (χ0) is 21.0. The molecule has 4 aliphatic rings. The highest BCUT2D eigenvalue weighted by atomic mass is 14.6. The van der Waals surface area contributed by atoms with E-state index >= 15 is 0 Å². The molecule has 0 radical (unpaired) electrons. The highest BCUT2D eigenvalue weighted by molar-refractivity contribution is 5.18. The van der Waals surface area contributed by atoms with Gasteiger partial charge in [0.1, 0.15) is 0 Å². The minimum Gasteiger partial charge on any atom is -0.0845 e. The molecule has 0 amide bonds. The number of fused-ring (bicyclic) bond motifs is 5. The first kappa shape index (κ1) is 22.0. The van der Waals surface area contributed by atoms with Crippen LogP contribution in [-0.2, 0) is 0 Å². The summed E-state index contributed by atoms with van der Waals surface area (Å²) in [5, 5.41) is 0. The van der Waals surface area contributed by atoms with Crippen LogP contribution in [0.25, 0.3) is 0 Å². The molecule has 3 saturated carbocycles. The molecular weight excluding hydrogens is 348 g/mol. The average molecular weight is 399 g/mol. The van der Waals surface area contributed by atoms with Crippen LogP contribution in [0.3, 0.4) is 0 Å². The maximum atomic E-state index is 2.76. The van der Waals surface area contributed by atoms with Crippen LogP contribution in [0, 0.1) is 57.7 Å². The predicted octanol–water partition coefficient (Wildman–Crippen LogP) is 8.91. The fraction of sp³-hybridized carbons (Fsp3) is 0.931. The number of rotatable bonds is 5. The molecule has 0 heteroatoms. The van der Waals surface area contributed by atoms with Crippen molar-refractivity contribution in [3.8, 4) is 0 Å². The van der Waals surface area contributed by atoms with Crippen molar-refractivity contribution in [1.29, 1.82) is 0 Å². The van der Waals surface area contributed by atoms with Gasteiger partial charge in [-0.25, -0.2) is 0 Å². The molecule has 8 atom stereocenters. The molecule has 0 aromatic carbocycles. The lowest BCUT2D eigenvalue weighted by Gasteiger charge is -2.60. The van der Waals surface area contributed by atoms with Gasteiger partial charge in [0.15, 0.2) is 0 Å². The molecule has 3 fully saturated rings. The van der Waals surface area contributed by atoms with E-state index in [1.807, 2.05) is 0 Å². The van der Waals surface area contributed by atoms with Crippen molar-refractivity contribution in [1.82, 2.24) is 0 Å². The van der Waals surface area contributed by atoms with Crippen molar-refractivity contribution in [2.75, 3.05) is 0 Å². The number of allylic oxidation sites excluding steroid dienone is 2. The van der Waals surface area contributed by atoms with Gasteiger partial charge in [0, 0.05) is 0 Å². The van der Waals surface area contributed by atoms with Crippen LogP contribution < -0.4 is 0 Å². The summed E-state index contributed by atoms with van der Waals surface area (Å²) in [5.41, 5.74) is 1.74. The molecule has 0 aromatic heterocycles. The van der Waals surface area contributed by atoms with Gasteiger partial charge in [-0.3, -0.25) is 0 Å². The van der Waals surface area contributed by atoms with Crippen molar-refractivity contribution >= 4 is 0 Å². The zero-order valence-electron chi connectivity index (χ0n) is 20.8. The monoisotopic (exact) mass is 398 g/mol. The van der Waals surface area contributed by atoms with Crippen LogP contribution in [0.5, 0.6) is 0 Å². The summed E-state index contributed by atoms with van der Waals surface area (Å²) in [5.74, 6) is 6.40. The lowest BCUT2D eigenvalue weighted by Crippen LogP contribution is -2.52. The van der Waals surface area contributed by atoms with Gasteiger partial charge in [0.05, 0.1) is 0 Å². The van der Waals surface area contributed by atoms with Gasteiger partial charge in [-0.2, -0.15) is 0 Å². The Morgan fingerprint density at radius 2 is 1.52 bits per heavy atom. The molecule has 0 aliphatic heterocycles. The lowest BCUT2D eigenvalue weighted by atomic mass is 9.45. The Balaban J connectivity index is 1.50. The second kappa shape index (κ2) is 7.70. The normalized spacial score (nSPS) is 46.8. The summed E-state index contributed by atoms with van der Waals surface area (Å²) >= 11 is 0. The highest BCUT2D eigenvalue weighted by Crippen LogP contribution is 2.67. The molecular formula is C29H50. The van der Waals surface area contributed by atoms with Crippen LogP contribution in [0.15, 0.2) is 12.2 Å². The summed E-state index contributed by atoms with van der Waals surface area (Å²) in [7, 11) is 0. The first-order valence-electron chi connectivity index (χ1n) is 13.3. The summed E-state index contributed by atoms with van der Waals surface area (Å²) in [6.45, 7) is 17.8. The standard InChI is InChI=1S/C29H50/c1-20(2)9-8-10-21(3)24-13-14-25-23-12-11-22-19-27(4,5)17-18-28(22,6)26(23)15-16-29(24,25)7/h11-12,20-26H,8-10,13-19H2,1-7H3. The minimum atomic E-state index is 0.550. The summed E-state index contributed by atoms with van der Waals surface area (Å²) < 4.78 is 0. The van der Waals surface area contributed by atoms with Crippen LogP contribution in [0.1, 0.15) is 113 Å². The third-order valence-corrected chi connectivity index (χ3v) is 10.9. The van der Waals surface area contributed by atoms with Gasteiger partial charge in [-0.1, -0.05) is 79.9 Å². The van der Waals surface area contributed by atoms with E-state index in [1.165, 1.54) is 64.2 Å². The van der Waals surface area contributed by atoms with Crippen molar-refractivity contribution in [2.24, 2.45) is 57.7 Å². The van der Waals surface area contributed by atoms with E-state index in [-0.39, 0.29) is 0 Å². The fourth-order valence-corrected chi connectivity index (χ4v) is 8.99. The molecule has 0 bridgehead atoms. The first-order valence-corrected chi connectivity index (χ1v) is 13.3. The Morgan fingerprint density at radius 3 is 2.24 bits per heavy atom. The van der Waals surface area contributed by atoms with Gasteiger partial charge in [0.2, 0.25) is 0 Å². The Labute approximate surface area is 182 Å². The van der Waals surface area contributed by atoms with E-state index in [1.54, 1.807) is 0 Å². The van der Waals surface area contributed by atoms with Gasteiger partial charge < -0.3 is 0 Å². The van der Waals surface area contributed by atoms with E-state index in [2.05, 4.69) is 60.6 Å². The van der Waals surface area contributed by atoms with Crippen molar-refractivity contribution in [3.63, 3.8) is 0 Å². The summed E-state index contributed by atoms with van der Waals surface area (Å²) in [4.78, 5) is 0. The number of hydrogen-bond donors (Lipinski definition) is 0. The zero-order valence-corrected chi connectivity index (χ0v) is 20.8. The molecule has 8 unspecified atom stereocenters. The molecule has 29 heavy (non-hydrogen) atoms. The lowest BCUT2D eigenvalue weighted by molar-refractivity contribution is -0.0800. The summed E-state index contributed by atoms with van der Waals surface area (Å²) in [6.07, 6.45) is 20.1. The predicted molar refractivity (Wildman–Crippen MR) is 127 cm³/mol. The molecule has 0 N–H and O–H groups in total. The van der Waals surface area contributed by atoms with Crippen LogP contribution in [-0.4, -0.2) is 0 Å². The van der Waals surface area contributed by atoms with Crippen molar-refractivity contribution in [2.45, 2.75) is 113 Å². The van der Waals surface area contributed by atoms with E-state index in [9.17, 15) is 0 Å². The molecule has 0 heterocycles. The Morgan fingerprint density at radius 1 is 0.793 bits per heavy atom. The Kier molecular flexibility index (Phi) is 5.83. The van der Waals surface area contributed by atoms with E-state index in [0.717, 1.165) is 41.4 Å². The van der Waals surface area contributed by atoms with E-state index < -0.39 is 0 Å². The van der Waals surface area contributed by atoms with Gasteiger partial charge >= 0.3 is 0 Å². The highest BCUT2D eigenvalue weighted by Gasteiger charge is 2.59. The van der Waals surface area contributed by atoms with Crippen molar-refractivity contribution < 1.29 is 0 Å². The summed E-state index contributed by atoms with van der Waals surface area (Å²) in [6, 6.07) is 0. The third-order valence-electron chi connectivity index (χ3n) is 10.9. The SMILES string of the molecule is CC(C)CCCC(C)C1CCC2C3C=CC4CC(C)(C)CCC4(C)C3CCC12C. The van der Waals surface area contributed by atoms with Gasteiger partial charge in [-0.15, -0.1) is 0 Å². The molecule has 0 spiro atoms. The smallest absolute Gasteiger partial charge is 0.0166 e. The molecule has 166 valence electrons. The van der Waals surface area contributed by atoms with Crippen LogP contribution in [0.4, 0.5) is 0 Å². The molecule has 4 aliphatic carbocycles. The van der Waals surface area contributed by atoms with Crippen molar-refractivity contribution in [3.05, 3.63) is 12.2 Å². The second-order valence-electron chi connectivity index (χ2n) is 13.7. The minimum absolute atomic E-state index is 0.550. The quantitative estimate of drug-likeness (QED) is 0.405. The van der Waals surface area contributed by atoms with Crippen LogP contribution >= 0.6 is 0 Å². The maximum Gasteiger partial charge on any atom is -0.0166 e. The van der Waals surface area contributed by atoms with Gasteiger partial charge in [-0.05, 0) is 103 Å². The molecule has 4 rings (SSSR count).